The molecule has 0 bridgehead atoms. The molecule has 0 atom stereocenters. The molecule has 1 rings (SSSR count). The Morgan fingerprint density at radius 1 is 1.31 bits per heavy atom. The number of sulfone groups is 1. The highest BCUT2D eigenvalue weighted by Gasteiger charge is 2.09. The Bertz CT molecular complexity index is 407. The average Bonchev–Trinajstić information content (AvgIpc) is 2.04. The van der Waals surface area contributed by atoms with Gasteiger partial charge in [0.05, 0.1) is 13.3 Å². The second-order valence-electron chi connectivity index (χ2n) is 2.27. The van der Waals surface area contributed by atoms with E-state index in [-0.39, 0.29) is 7.93 Å². The van der Waals surface area contributed by atoms with Crippen LogP contribution < -0.4 is 0 Å². The maximum absolute atomic E-state index is 11.5. The molecule has 0 radical (unpaired) electrons. The van der Waals surface area contributed by atoms with Gasteiger partial charge in [-0.15, -0.1) is 0 Å². The molecule has 13 heavy (non-hydrogen) atoms. The van der Waals surface area contributed by atoms with E-state index in [4.69, 9.17) is 11.6 Å². The Balaban J connectivity index is 3.18. The summed E-state index contributed by atoms with van der Waals surface area (Å²) in [5.74, 6) is 0. The topological polar surface area (TPSA) is 34.1 Å². The molecule has 0 unspecified atom stereocenters. The van der Waals surface area contributed by atoms with Gasteiger partial charge in [-0.25, -0.2) is 8.42 Å². The van der Waals surface area contributed by atoms with Crippen LogP contribution in [0.5, 0.6) is 0 Å². The van der Waals surface area contributed by atoms with Gasteiger partial charge in [0.25, 0.3) is 0 Å². The number of benzene rings is 1. The molecule has 0 aliphatic carbocycles. The number of hydrogen-bond donors (Lipinski definition) is 0. The standard InChI is InChI=1S/C8H6ClIO2S/c9-8(10)6-13(11,12)7-4-2-1-3-5-7/h1-6H/b8-6-. The van der Waals surface area contributed by atoms with Crippen LogP contribution in [-0.4, -0.2) is 8.42 Å². The van der Waals surface area contributed by atoms with Gasteiger partial charge in [0.2, 0.25) is 9.84 Å². The van der Waals surface area contributed by atoms with Crippen molar-refractivity contribution in [1.29, 1.82) is 0 Å². The lowest BCUT2D eigenvalue weighted by Gasteiger charge is -1.96. The van der Waals surface area contributed by atoms with Gasteiger partial charge in [0, 0.05) is 0 Å². The first-order valence-corrected chi connectivity index (χ1v) is 6.35. The fourth-order valence-corrected chi connectivity index (χ4v) is 3.06. The van der Waals surface area contributed by atoms with Crippen LogP contribution in [0.25, 0.3) is 0 Å². The fraction of sp³-hybridized carbons (Fsp3) is 0. The number of halogens is 2. The maximum Gasteiger partial charge on any atom is 0.201 e. The Labute approximate surface area is 95.7 Å². The molecule has 0 saturated heterocycles. The molecular weight excluding hydrogens is 323 g/mol. The van der Waals surface area contributed by atoms with E-state index in [0.29, 0.717) is 0 Å². The Hall–Kier alpha value is -0.0700. The molecule has 1 aromatic rings. The van der Waals surface area contributed by atoms with Crippen molar-refractivity contribution in [3.05, 3.63) is 38.8 Å². The van der Waals surface area contributed by atoms with Crippen molar-refractivity contribution in [2.75, 3.05) is 0 Å². The number of rotatable bonds is 2. The lowest BCUT2D eigenvalue weighted by atomic mass is 10.4. The smallest absolute Gasteiger partial charge is 0.201 e. The summed E-state index contributed by atoms with van der Waals surface area (Å²) >= 11 is 7.22. The minimum Gasteiger partial charge on any atom is -0.219 e. The molecule has 5 heteroatoms. The third-order valence-corrected chi connectivity index (χ3v) is 3.76. The molecule has 70 valence electrons. The van der Waals surface area contributed by atoms with Crippen LogP contribution in [0.3, 0.4) is 0 Å². The molecule has 2 nitrogen and oxygen atoms in total. The van der Waals surface area contributed by atoms with Crippen LogP contribution >= 0.6 is 34.2 Å². The summed E-state index contributed by atoms with van der Waals surface area (Å²) in [4.78, 5) is 0.254. The highest BCUT2D eigenvalue weighted by Crippen LogP contribution is 2.18. The molecule has 0 fully saturated rings. The van der Waals surface area contributed by atoms with Crippen molar-refractivity contribution in [2.45, 2.75) is 4.90 Å². The second kappa shape index (κ2) is 4.43. The van der Waals surface area contributed by atoms with E-state index in [9.17, 15) is 8.42 Å². The SMILES string of the molecule is O=S(=O)(/C=C(/Cl)I)c1ccccc1. The minimum atomic E-state index is -3.36. The molecule has 0 saturated carbocycles. The van der Waals surface area contributed by atoms with E-state index in [1.54, 1.807) is 40.8 Å². The molecule has 0 N–H and O–H groups in total. The largest absolute Gasteiger partial charge is 0.219 e. The zero-order valence-corrected chi connectivity index (χ0v) is 10.2. The van der Waals surface area contributed by atoms with Gasteiger partial charge in [-0.3, -0.25) is 0 Å². The first-order chi connectivity index (χ1) is 6.02. The van der Waals surface area contributed by atoms with Gasteiger partial charge in [-0.2, -0.15) is 0 Å². The minimum absolute atomic E-state index is 0.224. The molecule has 0 heterocycles. The molecule has 0 aliphatic heterocycles. The third-order valence-electron chi connectivity index (χ3n) is 1.32. The summed E-state index contributed by atoms with van der Waals surface area (Å²) in [7, 11) is -3.36. The normalized spacial score (nSPS) is 12.9. The third kappa shape index (κ3) is 3.28. The molecule has 0 amide bonds. The summed E-state index contributed by atoms with van der Waals surface area (Å²) in [5.41, 5.74) is 0. The fourth-order valence-electron chi connectivity index (χ4n) is 0.795. The van der Waals surface area contributed by atoms with Crippen molar-refractivity contribution in [3.8, 4) is 0 Å². The predicted molar refractivity (Wildman–Crippen MR) is 61.6 cm³/mol. The van der Waals surface area contributed by atoms with Gasteiger partial charge in [0.1, 0.15) is 0 Å². The van der Waals surface area contributed by atoms with Gasteiger partial charge in [0.15, 0.2) is 0 Å². The van der Waals surface area contributed by atoms with Crippen LogP contribution in [0.4, 0.5) is 0 Å². The van der Waals surface area contributed by atoms with Crippen molar-refractivity contribution in [1.82, 2.24) is 0 Å². The maximum atomic E-state index is 11.5. The van der Waals surface area contributed by atoms with Gasteiger partial charge in [-0.05, 0) is 34.7 Å². The van der Waals surface area contributed by atoms with Crippen LogP contribution in [0.1, 0.15) is 0 Å². The van der Waals surface area contributed by atoms with Gasteiger partial charge in [-0.1, -0.05) is 29.8 Å². The van der Waals surface area contributed by atoms with Crippen molar-refractivity contribution >= 4 is 44.0 Å². The zero-order valence-electron chi connectivity index (χ0n) is 6.44. The van der Waals surface area contributed by atoms with Crippen molar-refractivity contribution < 1.29 is 8.42 Å². The van der Waals surface area contributed by atoms with Crippen LogP contribution in [0.15, 0.2) is 43.7 Å². The lowest BCUT2D eigenvalue weighted by molar-refractivity contribution is 0.604. The average molecular weight is 329 g/mol. The lowest BCUT2D eigenvalue weighted by Crippen LogP contribution is -1.95. The monoisotopic (exact) mass is 328 g/mol. The zero-order chi connectivity index (χ0) is 9.90. The predicted octanol–water partition coefficient (Wildman–Crippen LogP) is 2.93. The Morgan fingerprint density at radius 3 is 2.31 bits per heavy atom. The van der Waals surface area contributed by atoms with Gasteiger partial charge >= 0.3 is 0 Å². The van der Waals surface area contributed by atoms with Crippen LogP contribution in [0, 0.1) is 0 Å². The molecule has 1 aromatic carbocycles. The van der Waals surface area contributed by atoms with Crippen molar-refractivity contribution in [2.24, 2.45) is 0 Å². The van der Waals surface area contributed by atoms with E-state index in [1.807, 2.05) is 0 Å². The molecular formula is C8H6ClIO2S. The van der Waals surface area contributed by atoms with E-state index in [0.717, 1.165) is 5.41 Å². The summed E-state index contributed by atoms with van der Waals surface area (Å²) in [6, 6.07) is 8.16. The second-order valence-corrected chi connectivity index (χ2v) is 6.27. The Kier molecular flexibility index (Phi) is 3.75. The Morgan fingerprint density at radius 2 is 1.85 bits per heavy atom. The van der Waals surface area contributed by atoms with E-state index >= 15 is 0 Å². The summed E-state index contributed by atoms with van der Waals surface area (Å²) < 4.78 is 23.2. The van der Waals surface area contributed by atoms with Crippen molar-refractivity contribution in [3.63, 3.8) is 0 Å². The van der Waals surface area contributed by atoms with Crippen LogP contribution in [0.2, 0.25) is 0 Å². The van der Waals surface area contributed by atoms with E-state index < -0.39 is 9.84 Å². The number of hydrogen-bond acceptors (Lipinski definition) is 2. The first-order valence-electron chi connectivity index (χ1n) is 3.35. The molecule has 0 spiro atoms. The first kappa shape index (κ1) is 11.0. The summed E-state index contributed by atoms with van der Waals surface area (Å²) in [5, 5.41) is 1.03. The highest BCUT2D eigenvalue weighted by molar-refractivity contribution is 14.1. The van der Waals surface area contributed by atoms with Gasteiger partial charge < -0.3 is 0 Å². The quantitative estimate of drug-likeness (QED) is 0.782. The molecule has 0 aliphatic rings. The summed E-state index contributed by atoms with van der Waals surface area (Å²) in [6.45, 7) is 0. The van der Waals surface area contributed by atoms with E-state index in [1.165, 1.54) is 12.1 Å². The highest BCUT2D eigenvalue weighted by atomic mass is 127. The van der Waals surface area contributed by atoms with E-state index in [2.05, 4.69) is 0 Å². The molecule has 0 aromatic heterocycles. The summed E-state index contributed by atoms with van der Waals surface area (Å²) in [6.07, 6.45) is 0. The van der Waals surface area contributed by atoms with Crippen LogP contribution in [-0.2, 0) is 9.84 Å².